The van der Waals surface area contributed by atoms with Crippen LogP contribution in [0.25, 0.3) is 0 Å². The molecule has 0 atom stereocenters. The molecule has 0 unspecified atom stereocenters. The Balaban J connectivity index is 1.61. The largest absolute Gasteiger partial charge is 0.368 e. The molecule has 0 spiro atoms. The summed E-state index contributed by atoms with van der Waals surface area (Å²) in [6.45, 7) is 6.50. The first kappa shape index (κ1) is 21.8. The lowest BCUT2D eigenvalue weighted by Gasteiger charge is -2.37. The lowest BCUT2D eigenvalue weighted by molar-refractivity contribution is -0.131. The molecule has 0 radical (unpaired) electrons. The number of piperazine rings is 1. The smallest absolute Gasteiger partial charge is 0.243 e. The number of carbonyl (C=O) groups is 1. The van der Waals surface area contributed by atoms with E-state index in [0.717, 1.165) is 4.31 Å². The van der Waals surface area contributed by atoms with Gasteiger partial charge < -0.3 is 9.80 Å². The van der Waals surface area contributed by atoms with E-state index in [9.17, 15) is 13.2 Å². The Kier molecular flexibility index (Phi) is 6.44. The molecule has 1 aliphatic heterocycles. The molecule has 2 aromatic rings. The third kappa shape index (κ3) is 4.48. The van der Waals surface area contributed by atoms with Gasteiger partial charge in [-0.25, -0.2) is 8.42 Å². The maximum Gasteiger partial charge on any atom is 0.243 e. The highest BCUT2D eigenvalue weighted by molar-refractivity contribution is 7.89. The van der Waals surface area contributed by atoms with Gasteiger partial charge in [-0.1, -0.05) is 12.1 Å². The van der Waals surface area contributed by atoms with Crippen LogP contribution in [0.4, 0.5) is 5.69 Å². The Labute approximate surface area is 178 Å². The van der Waals surface area contributed by atoms with E-state index in [2.05, 4.69) is 30.9 Å². The monoisotopic (exact) mass is 426 g/mol. The molecule has 0 bridgehead atoms. The van der Waals surface area contributed by atoms with E-state index in [1.54, 1.807) is 4.90 Å². The fourth-order valence-corrected chi connectivity index (χ4v) is 4.65. The number of anilines is 1. The number of hydrogen-bond acceptors (Lipinski definition) is 5. The Morgan fingerprint density at radius 1 is 1.07 bits per heavy atom. The Morgan fingerprint density at radius 2 is 1.70 bits per heavy atom. The Morgan fingerprint density at radius 3 is 2.30 bits per heavy atom. The van der Waals surface area contributed by atoms with Crippen molar-refractivity contribution in [1.29, 1.82) is 5.26 Å². The Bertz CT molecular complexity index is 1070. The summed E-state index contributed by atoms with van der Waals surface area (Å²) < 4.78 is 26.5. The molecule has 158 valence electrons. The number of rotatable bonds is 5. The second-order valence-corrected chi connectivity index (χ2v) is 9.53. The first-order valence-corrected chi connectivity index (χ1v) is 11.2. The molecule has 0 N–H and O–H groups in total. The topological polar surface area (TPSA) is 84.7 Å². The minimum absolute atomic E-state index is 0.0662. The lowest BCUT2D eigenvalue weighted by Crippen LogP contribution is -2.51. The van der Waals surface area contributed by atoms with Crippen molar-refractivity contribution in [2.24, 2.45) is 0 Å². The van der Waals surface area contributed by atoms with Gasteiger partial charge in [-0.15, -0.1) is 0 Å². The third-order valence-electron chi connectivity index (χ3n) is 5.60. The van der Waals surface area contributed by atoms with Crippen molar-refractivity contribution < 1.29 is 13.2 Å². The number of amides is 1. The predicted octanol–water partition coefficient (Wildman–Crippen LogP) is 2.14. The van der Waals surface area contributed by atoms with Crippen LogP contribution in [0.1, 0.15) is 16.7 Å². The van der Waals surface area contributed by atoms with Crippen LogP contribution >= 0.6 is 0 Å². The van der Waals surface area contributed by atoms with Crippen LogP contribution in [0.5, 0.6) is 0 Å². The van der Waals surface area contributed by atoms with Crippen LogP contribution in [0.3, 0.4) is 0 Å². The van der Waals surface area contributed by atoms with Gasteiger partial charge >= 0.3 is 0 Å². The fraction of sp³-hybridized carbons (Fsp3) is 0.364. The average Bonchev–Trinajstić information content (AvgIpc) is 2.75. The summed E-state index contributed by atoms with van der Waals surface area (Å²) in [4.78, 5) is 16.8. The molecule has 0 saturated carbocycles. The summed E-state index contributed by atoms with van der Waals surface area (Å²) in [6, 6.07) is 13.9. The van der Waals surface area contributed by atoms with Crippen molar-refractivity contribution in [3.63, 3.8) is 0 Å². The molecule has 0 aromatic heterocycles. The van der Waals surface area contributed by atoms with E-state index in [1.807, 2.05) is 12.1 Å². The van der Waals surface area contributed by atoms with E-state index < -0.39 is 10.0 Å². The molecule has 1 amide bonds. The maximum absolute atomic E-state index is 12.7. The lowest BCUT2D eigenvalue weighted by atomic mass is 10.1. The van der Waals surface area contributed by atoms with Crippen LogP contribution in [0.2, 0.25) is 0 Å². The van der Waals surface area contributed by atoms with Crippen LogP contribution in [0.15, 0.2) is 47.4 Å². The molecule has 7 nitrogen and oxygen atoms in total. The normalized spacial score (nSPS) is 14.6. The van der Waals surface area contributed by atoms with Gasteiger partial charge in [0.1, 0.15) is 0 Å². The van der Waals surface area contributed by atoms with Crippen molar-refractivity contribution in [1.82, 2.24) is 9.21 Å². The summed E-state index contributed by atoms with van der Waals surface area (Å²) in [5.41, 5.74) is 4.04. The number of sulfonamides is 1. The van der Waals surface area contributed by atoms with Gasteiger partial charge in [-0.05, 0) is 55.3 Å². The molecule has 30 heavy (non-hydrogen) atoms. The number of benzene rings is 2. The maximum atomic E-state index is 12.7. The predicted molar refractivity (Wildman–Crippen MR) is 116 cm³/mol. The van der Waals surface area contributed by atoms with Gasteiger partial charge in [0.05, 0.1) is 23.1 Å². The molecular weight excluding hydrogens is 400 g/mol. The highest BCUT2D eigenvalue weighted by Gasteiger charge is 2.27. The summed E-state index contributed by atoms with van der Waals surface area (Å²) in [6.07, 6.45) is 0. The number of nitrogens with zero attached hydrogens (tertiary/aromatic N) is 4. The van der Waals surface area contributed by atoms with E-state index in [4.69, 9.17) is 5.26 Å². The molecule has 2 aromatic carbocycles. The third-order valence-corrected chi connectivity index (χ3v) is 7.42. The van der Waals surface area contributed by atoms with E-state index >= 15 is 0 Å². The van der Waals surface area contributed by atoms with Gasteiger partial charge in [-0.2, -0.15) is 9.57 Å². The quantitative estimate of drug-likeness (QED) is 0.731. The standard InChI is InChI=1S/C22H26N4O3S/c1-17-5-4-6-21(18(17)2)25-11-13-26(14-12-25)22(27)16-24(3)30(28,29)20-9-7-19(15-23)8-10-20/h4-10H,11-14,16H2,1-3H3. The minimum Gasteiger partial charge on any atom is -0.368 e. The highest BCUT2D eigenvalue weighted by Crippen LogP contribution is 2.24. The van der Waals surface area contributed by atoms with Crippen molar-refractivity contribution in [3.05, 3.63) is 59.2 Å². The van der Waals surface area contributed by atoms with Crippen LogP contribution < -0.4 is 4.90 Å². The number of aryl methyl sites for hydroxylation is 1. The summed E-state index contributed by atoms with van der Waals surface area (Å²) in [7, 11) is -2.40. The zero-order chi connectivity index (χ0) is 21.9. The number of likely N-dealkylation sites (N-methyl/N-ethyl adjacent to an activating group) is 1. The SMILES string of the molecule is Cc1cccc(N2CCN(C(=O)CN(C)S(=O)(=O)c3ccc(C#N)cc3)CC2)c1C. The highest BCUT2D eigenvalue weighted by atomic mass is 32.2. The zero-order valence-corrected chi connectivity index (χ0v) is 18.3. The van der Waals surface area contributed by atoms with Gasteiger partial charge in [-0.3, -0.25) is 4.79 Å². The summed E-state index contributed by atoms with van der Waals surface area (Å²) >= 11 is 0. The van der Waals surface area contributed by atoms with Crippen molar-refractivity contribution in [2.75, 3.05) is 44.7 Å². The number of nitriles is 1. The molecule has 8 heteroatoms. The van der Waals surface area contributed by atoms with Crippen LogP contribution in [-0.2, 0) is 14.8 Å². The van der Waals surface area contributed by atoms with E-state index in [0.29, 0.717) is 31.7 Å². The van der Waals surface area contributed by atoms with Crippen molar-refractivity contribution in [3.8, 4) is 6.07 Å². The number of carbonyl (C=O) groups excluding carboxylic acids is 1. The number of hydrogen-bond donors (Lipinski definition) is 0. The molecule has 1 saturated heterocycles. The molecule has 0 aliphatic carbocycles. The minimum atomic E-state index is -3.80. The summed E-state index contributed by atoms with van der Waals surface area (Å²) in [5, 5.41) is 8.86. The second-order valence-electron chi connectivity index (χ2n) is 7.48. The molecule has 1 heterocycles. The van der Waals surface area contributed by atoms with Gasteiger partial charge in [0.2, 0.25) is 15.9 Å². The Hall–Kier alpha value is -2.89. The molecular formula is C22H26N4O3S. The van der Waals surface area contributed by atoms with E-state index in [-0.39, 0.29) is 17.3 Å². The molecule has 1 aliphatic rings. The first-order chi connectivity index (χ1) is 14.2. The second kappa shape index (κ2) is 8.86. The van der Waals surface area contributed by atoms with Crippen LogP contribution in [0, 0.1) is 25.2 Å². The molecule has 3 rings (SSSR count). The van der Waals surface area contributed by atoms with Crippen LogP contribution in [-0.4, -0.2) is 63.3 Å². The average molecular weight is 427 g/mol. The molecule has 1 fully saturated rings. The van der Waals surface area contributed by atoms with E-state index in [1.165, 1.54) is 48.1 Å². The van der Waals surface area contributed by atoms with Crippen molar-refractivity contribution in [2.45, 2.75) is 18.7 Å². The van der Waals surface area contributed by atoms with Gasteiger partial charge in [0.15, 0.2) is 0 Å². The van der Waals surface area contributed by atoms with Gasteiger partial charge in [0.25, 0.3) is 0 Å². The van der Waals surface area contributed by atoms with Crippen molar-refractivity contribution >= 4 is 21.6 Å². The first-order valence-electron chi connectivity index (χ1n) is 9.79. The van der Waals surface area contributed by atoms with Gasteiger partial charge in [0, 0.05) is 38.9 Å². The zero-order valence-electron chi connectivity index (χ0n) is 17.5. The summed E-state index contributed by atoms with van der Waals surface area (Å²) in [5.74, 6) is -0.213. The fourth-order valence-electron chi connectivity index (χ4n) is 3.53.